The van der Waals surface area contributed by atoms with Crippen LogP contribution in [0.25, 0.3) is 77.1 Å². The van der Waals surface area contributed by atoms with E-state index in [0.717, 1.165) is 71.7 Å². The summed E-state index contributed by atoms with van der Waals surface area (Å²) in [4.78, 5) is 20.2. The number of fused-ring (bicyclic) bond motifs is 9. The van der Waals surface area contributed by atoms with Gasteiger partial charge in [-0.3, -0.25) is 9.97 Å². The summed E-state index contributed by atoms with van der Waals surface area (Å²) in [6.07, 6.45) is 3.69. The second-order valence-corrected chi connectivity index (χ2v) is 13.8. The lowest BCUT2D eigenvalue weighted by molar-refractivity contribution is 0.740. The van der Waals surface area contributed by atoms with Crippen LogP contribution >= 0.6 is 0 Å². The van der Waals surface area contributed by atoms with Crippen LogP contribution < -0.4 is 0 Å². The molecule has 53 heavy (non-hydrogen) atoms. The topological polar surface area (TPSA) is 51.6 Å². The Hall–Kier alpha value is -7.04. The molecule has 10 aromatic rings. The highest BCUT2D eigenvalue weighted by Gasteiger charge is 2.47. The summed E-state index contributed by atoms with van der Waals surface area (Å²) in [5.41, 5.74) is 14.3. The third-order valence-electron chi connectivity index (χ3n) is 11.0. The molecule has 0 fully saturated rings. The summed E-state index contributed by atoms with van der Waals surface area (Å²) in [7, 11) is 0. The molecule has 4 heteroatoms. The number of hydrogen-bond donors (Lipinski definition) is 0. The zero-order valence-electron chi connectivity index (χ0n) is 28.6. The predicted octanol–water partition coefficient (Wildman–Crippen LogP) is 11.6. The van der Waals surface area contributed by atoms with E-state index in [-0.39, 0.29) is 0 Å². The first-order valence-corrected chi connectivity index (χ1v) is 18.0. The van der Waals surface area contributed by atoms with Gasteiger partial charge in [-0.25, -0.2) is 9.97 Å². The third-order valence-corrected chi connectivity index (χ3v) is 11.0. The maximum absolute atomic E-state index is 5.56. The van der Waals surface area contributed by atoms with Crippen LogP contribution in [0, 0.1) is 0 Å². The lowest BCUT2D eigenvalue weighted by atomic mass is 9.69. The maximum Gasteiger partial charge on any atom is 0.0972 e. The molecule has 0 aliphatic heterocycles. The van der Waals surface area contributed by atoms with Crippen molar-refractivity contribution in [3.63, 3.8) is 0 Å². The largest absolute Gasteiger partial charge is 0.254 e. The molecule has 0 saturated carbocycles. The van der Waals surface area contributed by atoms with Gasteiger partial charge in [-0.05, 0) is 75.3 Å². The van der Waals surface area contributed by atoms with Crippen LogP contribution in [0.5, 0.6) is 0 Å². The zero-order valence-corrected chi connectivity index (χ0v) is 28.6. The number of pyridine rings is 4. The molecular formula is C49H30N4. The maximum atomic E-state index is 5.56. The normalized spacial score (nSPS) is 13.1. The Morgan fingerprint density at radius 1 is 0.358 bits per heavy atom. The lowest BCUT2D eigenvalue weighted by Crippen LogP contribution is -2.29. The van der Waals surface area contributed by atoms with E-state index >= 15 is 0 Å². The number of rotatable bonds is 4. The highest BCUT2D eigenvalue weighted by Crippen LogP contribution is 2.56. The quantitative estimate of drug-likeness (QED) is 0.174. The molecule has 1 aliphatic carbocycles. The molecule has 0 unspecified atom stereocenters. The molecule has 0 spiro atoms. The van der Waals surface area contributed by atoms with E-state index in [4.69, 9.17) is 15.0 Å². The fraction of sp³-hybridized carbons (Fsp3) is 0.0204. The molecule has 246 valence electrons. The first kappa shape index (κ1) is 29.7. The Labute approximate surface area is 306 Å². The molecular weight excluding hydrogens is 645 g/mol. The van der Waals surface area contributed by atoms with Gasteiger partial charge in [-0.15, -0.1) is 0 Å². The first-order valence-electron chi connectivity index (χ1n) is 18.0. The second-order valence-electron chi connectivity index (χ2n) is 13.8. The Morgan fingerprint density at radius 3 is 1.57 bits per heavy atom. The van der Waals surface area contributed by atoms with Gasteiger partial charge in [0, 0.05) is 39.5 Å². The van der Waals surface area contributed by atoms with Crippen molar-refractivity contribution in [2.24, 2.45) is 0 Å². The third kappa shape index (κ3) is 4.42. The van der Waals surface area contributed by atoms with Gasteiger partial charge in [0.1, 0.15) is 0 Å². The van der Waals surface area contributed by atoms with Crippen molar-refractivity contribution >= 4 is 43.6 Å². The van der Waals surface area contributed by atoms with Gasteiger partial charge >= 0.3 is 0 Å². The van der Waals surface area contributed by atoms with Gasteiger partial charge in [0.25, 0.3) is 0 Å². The first-order chi connectivity index (χ1) is 26.3. The molecule has 0 radical (unpaired) electrons. The van der Waals surface area contributed by atoms with Crippen molar-refractivity contribution in [1.29, 1.82) is 0 Å². The van der Waals surface area contributed by atoms with E-state index in [1.807, 2.05) is 24.5 Å². The van der Waals surface area contributed by atoms with Gasteiger partial charge in [0.05, 0.1) is 38.9 Å². The molecule has 0 atom stereocenters. The average molecular weight is 675 g/mol. The molecule has 4 nitrogen and oxygen atoms in total. The summed E-state index contributed by atoms with van der Waals surface area (Å²) >= 11 is 0. The van der Waals surface area contributed by atoms with Crippen molar-refractivity contribution in [2.75, 3.05) is 0 Å². The molecule has 4 heterocycles. The fourth-order valence-electron chi connectivity index (χ4n) is 8.58. The minimum absolute atomic E-state index is 0.653. The second kappa shape index (κ2) is 11.5. The minimum atomic E-state index is -0.653. The summed E-state index contributed by atoms with van der Waals surface area (Å²) in [6.45, 7) is 0. The Morgan fingerprint density at radius 2 is 0.887 bits per heavy atom. The van der Waals surface area contributed by atoms with Crippen molar-refractivity contribution in [1.82, 2.24) is 19.9 Å². The summed E-state index contributed by atoms with van der Waals surface area (Å²) in [5, 5.41) is 4.33. The van der Waals surface area contributed by atoms with Crippen molar-refractivity contribution in [3.8, 4) is 33.5 Å². The average Bonchev–Trinajstić information content (AvgIpc) is 3.54. The summed E-state index contributed by atoms with van der Waals surface area (Å²) in [6, 6.07) is 60.7. The molecule has 0 N–H and O–H groups in total. The van der Waals surface area contributed by atoms with Crippen LogP contribution in [0.1, 0.15) is 22.4 Å². The van der Waals surface area contributed by atoms with E-state index in [2.05, 4.69) is 163 Å². The molecule has 11 rings (SSSR count). The number of benzene rings is 6. The van der Waals surface area contributed by atoms with Crippen LogP contribution in [0.2, 0.25) is 0 Å². The van der Waals surface area contributed by atoms with Gasteiger partial charge in [-0.2, -0.15) is 0 Å². The summed E-state index contributed by atoms with van der Waals surface area (Å²) < 4.78 is 0. The van der Waals surface area contributed by atoms with Crippen molar-refractivity contribution < 1.29 is 0 Å². The molecule has 0 saturated heterocycles. The number of nitrogens with zero attached hydrogens (tertiary/aromatic N) is 4. The van der Waals surface area contributed by atoms with Gasteiger partial charge in [0.2, 0.25) is 0 Å². The minimum Gasteiger partial charge on any atom is -0.254 e. The zero-order chi connectivity index (χ0) is 34.9. The molecule has 4 aromatic heterocycles. The Bertz CT molecular complexity index is 3050. The van der Waals surface area contributed by atoms with Crippen LogP contribution in [0.4, 0.5) is 0 Å². The van der Waals surface area contributed by atoms with Crippen LogP contribution in [-0.2, 0) is 5.41 Å². The number of aromatic nitrogens is 4. The van der Waals surface area contributed by atoms with Crippen LogP contribution in [0.15, 0.2) is 182 Å². The van der Waals surface area contributed by atoms with E-state index < -0.39 is 5.41 Å². The smallest absolute Gasteiger partial charge is 0.0972 e. The SMILES string of the molecule is c1cc(-c2cccc(C3(c4ccc5ccc6cccnc6c5n4)c4ccccc4-c4ccccc43)c2)cc(-c2ccc3ccc4cccnc4c3n2)c1. The van der Waals surface area contributed by atoms with Gasteiger partial charge in [0.15, 0.2) is 0 Å². The fourth-order valence-corrected chi connectivity index (χ4v) is 8.58. The van der Waals surface area contributed by atoms with E-state index in [9.17, 15) is 0 Å². The molecule has 1 aliphatic rings. The predicted molar refractivity (Wildman–Crippen MR) is 216 cm³/mol. The monoisotopic (exact) mass is 674 g/mol. The van der Waals surface area contributed by atoms with Crippen LogP contribution in [-0.4, -0.2) is 19.9 Å². The van der Waals surface area contributed by atoms with Gasteiger partial charge in [-0.1, -0.05) is 133 Å². The highest BCUT2D eigenvalue weighted by molar-refractivity contribution is 6.04. The molecule has 6 aromatic carbocycles. The van der Waals surface area contributed by atoms with E-state index in [1.54, 1.807) is 0 Å². The van der Waals surface area contributed by atoms with Crippen molar-refractivity contribution in [2.45, 2.75) is 5.41 Å². The highest BCUT2D eigenvalue weighted by atomic mass is 14.8. The lowest BCUT2D eigenvalue weighted by Gasteiger charge is -2.33. The number of hydrogen-bond acceptors (Lipinski definition) is 4. The Balaban J connectivity index is 1.12. The van der Waals surface area contributed by atoms with E-state index in [0.29, 0.717) is 0 Å². The molecule has 0 bridgehead atoms. The van der Waals surface area contributed by atoms with Crippen LogP contribution in [0.3, 0.4) is 0 Å². The summed E-state index contributed by atoms with van der Waals surface area (Å²) in [5.74, 6) is 0. The Kier molecular flexibility index (Phi) is 6.43. The van der Waals surface area contributed by atoms with Gasteiger partial charge < -0.3 is 0 Å². The molecule has 0 amide bonds. The standard InChI is InChI=1S/C49H30N4/c1-3-17-41-39(15-1)40-16-2-4-18-42(40)49(41,44-26-24-34-22-20-32-13-8-28-51-46(32)48(34)53-44)38-14-6-10-36(30-38)35-9-5-11-37(29-35)43-25-23-33-21-19-31-12-7-27-50-45(31)47(33)52-43/h1-30H. The van der Waals surface area contributed by atoms with Crippen molar-refractivity contribution in [3.05, 3.63) is 205 Å². The van der Waals surface area contributed by atoms with E-state index in [1.165, 1.54) is 27.8 Å².